The predicted molar refractivity (Wildman–Crippen MR) is 114 cm³/mol. The molecule has 0 radical (unpaired) electrons. The highest BCUT2D eigenvalue weighted by Crippen LogP contribution is 2.32. The van der Waals surface area contributed by atoms with Gasteiger partial charge in [-0.05, 0) is 62.6 Å². The van der Waals surface area contributed by atoms with Gasteiger partial charge in [-0.1, -0.05) is 12.1 Å². The standard InChI is InChI=1S/C22H22N4O2S/c1-22(2,20-10-12-25(23-20)16-6-4-5-7-18(16)27)21-11-13-26(24-21)17-14-15(29-3)8-9-19(17)28/h4-14,27-28H,1-3H3. The van der Waals surface area contributed by atoms with Crippen LogP contribution >= 0.6 is 11.8 Å². The van der Waals surface area contributed by atoms with E-state index in [9.17, 15) is 10.2 Å². The molecule has 0 aliphatic heterocycles. The molecule has 0 amide bonds. The summed E-state index contributed by atoms with van der Waals surface area (Å²) in [6.07, 6.45) is 5.67. The molecule has 0 aliphatic rings. The van der Waals surface area contributed by atoms with E-state index in [2.05, 4.69) is 18.9 Å². The zero-order valence-electron chi connectivity index (χ0n) is 16.4. The van der Waals surface area contributed by atoms with Crippen molar-refractivity contribution in [3.05, 3.63) is 78.4 Å². The fourth-order valence-corrected chi connectivity index (χ4v) is 3.62. The van der Waals surface area contributed by atoms with Crippen molar-refractivity contribution in [1.29, 1.82) is 0 Å². The molecule has 4 rings (SSSR count). The molecule has 148 valence electrons. The zero-order chi connectivity index (χ0) is 20.6. The van der Waals surface area contributed by atoms with Crippen LogP contribution in [0.25, 0.3) is 11.4 Å². The Morgan fingerprint density at radius 2 is 1.38 bits per heavy atom. The van der Waals surface area contributed by atoms with Crippen molar-refractivity contribution < 1.29 is 10.2 Å². The number of nitrogens with zero attached hydrogens (tertiary/aromatic N) is 4. The fraction of sp³-hybridized carbons (Fsp3) is 0.182. The largest absolute Gasteiger partial charge is 0.506 e. The lowest BCUT2D eigenvalue weighted by atomic mass is 9.86. The maximum absolute atomic E-state index is 10.3. The third kappa shape index (κ3) is 3.49. The number of aromatic nitrogens is 4. The fourth-order valence-electron chi connectivity index (χ4n) is 3.19. The van der Waals surface area contributed by atoms with E-state index in [4.69, 9.17) is 5.10 Å². The van der Waals surface area contributed by atoms with E-state index in [1.165, 1.54) is 0 Å². The number of rotatable bonds is 5. The van der Waals surface area contributed by atoms with Crippen molar-refractivity contribution in [2.75, 3.05) is 6.26 Å². The number of benzene rings is 2. The van der Waals surface area contributed by atoms with Crippen LogP contribution in [0, 0.1) is 0 Å². The molecule has 0 aliphatic carbocycles. The van der Waals surface area contributed by atoms with Crippen molar-refractivity contribution in [3.8, 4) is 22.9 Å². The summed E-state index contributed by atoms with van der Waals surface area (Å²) < 4.78 is 3.35. The van der Waals surface area contributed by atoms with Crippen LogP contribution in [0.3, 0.4) is 0 Å². The zero-order valence-corrected chi connectivity index (χ0v) is 17.3. The van der Waals surface area contributed by atoms with Crippen LogP contribution in [0.1, 0.15) is 25.2 Å². The van der Waals surface area contributed by atoms with Gasteiger partial charge in [0.1, 0.15) is 22.9 Å². The van der Waals surface area contributed by atoms with Gasteiger partial charge >= 0.3 is 0 Å². The summed E-state index contributed by atoms with van der Waals surface area (Å²) in [6, 6.07) is 16.4. The van der Waals surface area contributed by atoms with E-state index >= 15 is 0 Å². The number of thioether (sulfide) groups is 1. The Hall–Kier alpha value is -3.19. The number of phenolic OH excluding ortho intramolecular Hbond substituents is 2. The minimum Gasteiger partial charge on any atom is -0.506 e. The van der Waals surface area contributed by atoms with E-state index in [0.717, 1.165) is 16.3 Å². The van der Waals surface area contributed by atoms with Gasteiger partial charge in [-0.3, -0.25) is 0 Å². The maximum atomic E-state index is 10.3. The summed E-state index contributed by atoms with van der Waals surface area (Å²) in [5.41, 5.74) is 2.45. The second-order valence-electron chi connectivity index (χ2n) is 7.26. The monoisotopic (exact) mass is 406 g/mol. The molecule has 2 aromatic heterocycles. The van der Waals surface area contributed by atoms with Gasteiger partial charge in [-0.2, -0.15) is 10.2 Å². The van der Waals surface area contributed by atoms with Gasteiger partial charge in [0.25, 0.3) is 0 Å². The normalized spacial score (nSPS) is 11.7. The molecular weight excluding hydrogens is 384 g/mol. The van der Waals surface area contributed by atoms with Gasteiger partial charge in [0.2, 0.25) is 0 Å². The number of para-hydroxylation sites is 2. The molecule has 2 heterocycles. The quantitative estimate of drug-likeness (QED) is 0.477. The molecule has 4 aromatic rings. The summed E-state index contributed by atoms with van der Waals surface area (Å²) in [7, 11) is 0. The summed E-state index contributed by atoms with van der Waals surface area (Å²) in [5.74, 6) is 0.354. The smallest absolute Gasteiger partial charge is 0.141 e. The first-order valence-corrected chi connectivity index (χ1v) is 10.4. The Morgan fingerprint density at radius 1 is 0.793 bits per heavy atom. The summed E-state index contributed by atoms with van der Waals surface area (Å²) in [5, 5.41) is 29.7. The van der Waals surface area contributed by atoms with Crippen LogP contribution in [0.4, 0.5) is 0 Å². The minimum absolute atomic E-state index is 0.174. The van der Waals surface area contributed by atoms with Crippen molar-refractivity contribution in [2.24, 2.45) is 0 Å². The SMILES string of the molecule is CSc1ccc(O)c(-n2ccc(C(C)(C)c3ccn(-c4ccccc4O)n3)n2)c1. The third-order valence-electron chi connectivity index (χ3n) is 5.02. The lowest BCUT2D eigenvalue weighted by Gasteiger charge is -2.20. The molecule has 29 heavy (non-hydrogen) atoms. The Morgan fingerprint density at radius 3 is 2.00 bits per heavy atom. The Balaban J connectivity index is 1.68. The summed E-state index contributed by atoms with van der Waals surface area (Å²) in [6.45, 7) is 4.10. The van der Waals surface area contributed by atoms with Gasteiger partial charge in [-0.25, -0.2) is 9.36 Å². The molecule has 7 heteroatoms. The highest BCUT2D eigenvalue weighted by Gasteiger charge is 2.29. The van der Waals surface area contributed by atoms with Crippen molar-refractivity contribution in [3.63, 3.8) is 0 Å². The molecular formula is C22H22N4O2S. The van der Waals surface area contributed by atoms with E-state index in [1.807, 2.05) is 55.0 Å². The molecule has 0 fully saturated rings. The number of aromatic hydroxyl groups is 2. The van der Waals surface area contributed by atoms with Crippen LogP contribution in [-0.2, 0) is 5.41 Å². The lowest BCUT2D eigenvalue weighted by molar-refractivity contribution is 0.469. The molecule has 2 N–H and O–H groups in total. The Bertz CT molecular complexity index is 1160. The van der Waals surface area contributed by atoms with Crippen LogP contribution < -0.4 is 0 Å². The minimum atomic E-state index is -0.465. The molecule has 0 saturated carbocycles. The van der Waals surface area contributed by atoms with E-state index in [-0.39, 0.29) is 11.5 Å². The highest BCUT2D eigenvalue weighted by molar-refractivity contribution is 7.98. The van der Waals surface area contributed by atoms with Crippen molar-refractivity contribution in [2.45, 2.75) is 24.2 Å². The number of hydrogen-bond donors (Lipinski definition) is 2. The molecule has 2 aromatic carbocycles. The first-order valence-electron chi connectivity index (χ1n) is 9.18. The first-order chi connectivity index (χ1) is 13.9. The third-order valence-corrected chi connectivity index (χ3v) is 5.74. The van der Waals surface area contributed by atoms with E-state index in [1.54, 1.807) is 39.3 Å². The molecule has 0 bridgehead atoms. The van der Waals surface area contributed by atoms with E-state index in [0.29, 0.717) is 11.4 Å². The lowest BCUT2D eigenvalue weighted by Crippen LogP contribution is -2.21. The average molecular weight is 407 g/mol. The van der Waals surface area contributed by atoms with Crippen LogP contribution in [-0.4, -0.2) is 36.0 Å². The number of phenols is 2. The van der Waals surface area contributed by atoms with Gasteiger partial charge in [0.05, 0.1) is 16.8 Å². The van der Waals surface area contributed by atoms with Gasteiger partial charge in [-0.15, -0.1) is 11.8 Å². The van der Waals surface area contributed by atoms with Crippen LogP contribution in [0.15, 0.2) is 71.9 Å². The molecule has 0 saturated heterocycles. The molecule has 6 nitrogen and oxygen atoms in total. The Labute approximate surface area is 173 Å². The first kappa shape index (κ1) is 19.1. The molecule has 0 atom stereocenters. The van der Waals surface area contributed by atoms with Crippen LogP contribution in [0.2, 0.25) is 0 Å². The molecule has 0 spiro atoms. The Kier molecular flexibility index (Phi) is 4.84. The topological polar surface area (TPSA) is 76.1 Å². The second kappa shape index (κ2) is 7.33. The van der Waals surface area contributed by atoms with E-state index < -0.39 is 5.41 Å². The number of hydrogen-bond acceptors (Lipinski definition) is 5. The van der Waals surface area contributed by atoms with Crippen molar-refractivity contribution >= 4 is 11.8 Å². The van der Waals surface area contributed by atoms with Crippen molar-refractivity contribution in [1.82, 2.24) is 19.6 Å². The molecule has 0 unspecified atom stereocenters. The summed E-state index contributed by atoms with van der Waals surface area (Å²) >= 11 is 1.61. The van der Waals surface area contributed by atoms with Gasteiger partial charge < -0.3 is 10.2 Å². The van der Waals surface area contributed by atoms with Gasteiger partial charge in [0.15, 0.2) is 0 Å². The van der Waals surface area contributed by atoms with Crippen LogP contribution in [0.5, 0.6) is 11.5 Å². The average Bonchev–Trinajstić information content (AvgIpc) is 3.39. The second-order valence-corrected chi connectivity index (χ2v) is 8.14. The predicted octanol–water partition coefficient (Wildman–Crippen LogP) is 4.52. The summed E-state index contributed by atoms with van der Waals surface area (Å²) in [4.78, 5) is 1.05. The van der Waals surface area contributed by atoms with Gasteiger partial charge in [0, 0.05) is 17.3 Å². The maximum Gasteiger partial charge on any atom is 0.141 e. The highest BCUT2D eigenvalue weighted by atomic mass is 32.2.